The molecule has 20 heavy (non-hydrogen) atoms. The third-order valence-corrected chi connectivity index (χ3v) is 4.27. The molecule has 0 bridgehead atoms. The van der Waals surface area contributed by atoms with Crippen LogP contribution in [0.4, 0.5) is 11.4 Å². The van der Waals surface area contributed by atoms with Gasteiger partial charge in [0.05, 0.1) is 21.0 Å². The molecule has 1 aliphatic rings. The molecule has 6 nitrogen and oxygen atoms in total. The maximum Gasteiger partial charge on any atom is 0.311 e. The average Bonchev–Trinajstić information content (AvgIpc) is 2.84. The van der Waals surface area contributed by atoms with E-state index in [1.165, 1.54) is 12.1 Å². The molecule has 0 radical (unpaired) electrons. The highest BCUT2D eigenvalue weighted by atomic mass is 35.5. The molecule has 1 unspecified atom stereocenters. The summed E-state index contributed by atoms with van der Waals surface area (Å²) in [5, 5.41) is 20.3. The van der Waals surface area contributed by atoms with Crippen LogP contribution in [-0.2, 0) is 4.79 Å². The Bertz CT molecular complexity index is 563. The zero-order valence-corrected chi connectivity index (χ0v) is 11.8. The van der Waals surface area contributed by atoms with Crippen LogP contribution in [0, 0.1) is 15.5 Å². The summed E-state index contributed by atoms with van der Waals surface area (Å²) in [6.07, 6.45) is 1.09. The van der Waals surface area contributed by atoms with Crippen LogP contribution in [0.2, 0.25) is 5.02 Å². The molecule has 1 fully saturated rings. The van der Waals surface area contributed by atoms with E-state index < -0.39 is 16.3 Å². The normalized spacial score (nSPS) is 22.0. The van der Waals surface area contributed by atoms with E-state index in [1.807, 2.05) is 11.8 Å². The lowest BCUT2D eigenvalue weighted by molar-refractivity contribution is -0.384. The number of benzene rings is 1. The monoisotopic (exact) mass is 298 g/mol. The molecule has 7 heteroatoms. The second-order valence-electron chi connectivity index (χ2n) is 5.00. The van der Waals surface area contributed by atoms with Crippen molar-refractivity contribution >= 4 is 28.9 Å². The van der Waals surface area contributed by atoms with E-state index >= 15 is 0 Å². The van der Waals surface area contributed by atoms with Crippen molar-refractivity contribution in [2.45, 2.75) is 19.8 Å². The number of carboxylic acid groups (broad SMARTS) is 1. The standard InChI is InChI=1S/C13H15ClN2O4/c1-2-13(12(17)18)5-6-15(8-13)11-4-3-9(16(19)20)7-10(11)14/h3-4,7H,2,5-6,8H2,1H3,(H,17,18). The number of hydrogen-bond acceptors (Lipinski definition) is 4. The van der Waals surface area contributed by atoms with E-state index in [0.29, 0.717) is 31.6 Å². The third-order valence-electron chi connectivity index (χ3n) is 3.97. The van der Waals surface area contributed by atoms with Gasteiger partial charge in [-0.15, -0.1) is 0 Å². The summed E-state index contributed by atoms with van der Waals surface area (Å²) < 4.78 is 0. The predicted molar refractivity (Wildman–Crippen MR) is 75.3 cm³/mol. The second-order valence-corrected chi connectivity index (χ2v) is 5.41. The maximum atomic E-state index is 11.4. The van der Waals surface area contributed by atoms with Gasteiger partial charge in [-0.05, 0) is 18.9 Å². The van der Waals surface area contributed by atoms with Crippen LogP contribution in [0.1, 0.15) is 19.8 Å². The van der Waals surface area contributed by atoms with Gasteiger partial charge in [0.1, 0.15) is 0 Å². The molecular weight excluding hydrogens is 284 g/mol. The minimum atomic E-state index is -0.805. The molecule has 0 saturated carbocycles. The van der Waals surface area contributed by atoms with Gasteiger partial charge in [-0.1, -0.05) is 18.5 Å². The van der Waals surface area contributed by atoms with Gasteiger partial charge in [-0.3, -0.25) is 14.9 Å². The Hall–Kier alpha value is -1.82. The summed E-state index contributed by atoms with van der Waals surface area (Å²) in [6.45, 7) is 2.81. The number of non-ortho nitro benzene ring substituents is 1. The molecule has 1 saturated heterocycles. The fourth-order valence-corrected chi connectivity index (χ4v) is 2.85. The number of nitrogens with zero attached hydrogens (tertiary/aromatic N) is 2. The summed E-state index contributed by atoms with van der Waals surface area (Å²) in [6, 6.07) is 4.26. The number of carboxylic acids is 1. The molecule has 1 N–H and O–H groups in total. The lowest BCUT2D eigenvalue weighted by Crippen LogP contribution is -2.34. The summed E-state index contributed by atoms with van der Waals surface area (Å²) in [5.41, 5.74) is -0.183. The lowest BCUT2D eigenvalue weighted by atomic mass is 9.84. The molecule has 1 heterocycles. The molecule has 1 aromatic rings. The molecule has 0 spiro atoms. The maximum absolute atomic E-state index is 11.4. The van der Waals surface area contributed by atoms with Crippen LogP contribution in [0.15, 0.2) is 18.2 Å². The van der Waals surface area contributed by atoms with Gasteiger partial charge >= 0.3 is 5.97 Å². The van der Waals surface area contributed by atoms with Gasteiger partial charge in [0.25, 0.3) is 5.69 Å². The molecule has 0 amide bonds. The highest BCUT2D eigenvalue weighted by Crippen LogP contribution is 2.39. The number of aliphatic carboxylic acids is 1. The lowest BCUT2D eigenvalue weighted by Gasteiger charge is -2.24. The van der Waals surface area contributed by atoms with Crippen LogP contribution >= 0.6 is 11.6 Å². The van der Waals surface area contributed by atoms with E-state index in [0.717, 1.165) is 0 Å². The van der Waals surface area contributed by atoms with E-state index in [4.69, 9.17) is 11.6 Å². The Morgan fingerprint density at radius 3 is 2.75 bits per heavy atom. The number of hydrogen-bond donors (Lipinski definition) is 1. The van der Waals surface area contributed by atoms with E-state index in [-0.39, 0.29) is 10.7 Å². The molecular formula is C13H15ClN2O4. The van der Waals surface area contributed by atoms with Gasteiger partial charge in [-0.25, -0.2) is 0 Å². The zero-order chi connectivity index (χ0) is 14.9. The van der Waals surface area contributed by atoms with Crippen molar-refractivity contribution in [3.63, 3.8) is 0 Å². The summed E-state index contributed by atoms with van der Waals surface area (Å²) in [5.74, 6) is -0.805. The van der Waals surface area contributed by atoms with Gasteiger partial charge < -0.3 is 10.0 Å². The first-order valence-corrected chi connectivity index (χ1v) is 6.70. The second kappa shape index (κ2) is 5.28. The van der Waals surface area contributed by atoms with Crippen LogP contribution in [0.5, 0.6) is 0 Å². The Morgan fingerprint density at radius 1 is 1.60 bits per heavy atom. The van der Waals surface area contributed by atoms with E-state index in [2.05, 4.69) is 0 Å². The van der Waals surface area contributed by atoms with E-state index in [1.54, 1.807) is 6.07 Å². The topological polar surface area (TPSA) is 83.7 Å². The molecule has 0 aromatic heterocycles. The van der Waals surface area contributed by atoms with Crippen molar-refractivity contribution in [1.29, 1.82) is 0 Å². The van der Waals surface area contributed by atoms with Crippen LogP contribution in [-0.4, -0.2) is 29.1 Å². The predicted octanol–water partition coefficient (Wildman–Crippen LogP) is 2.94. The number of halogens is 1. The van der Waals surface area contributed by atoms with Crippen molar-refractivity contribution in [1.82, 2.24) is 0 Å². The summed E-state index contributed by atoms with van der Waals surface area (Å²) in [7, 11) is 0. The molecule has 0 aliphatic carbocycles. The van der Waals surface area contributed by atoms with Gasteiger partial charge in [0, 0.05) is 25.2 Å². The van der Waals surface area contributed by atoms with Gasteiger partial charge in [0.2, 0.25) is 0 Å². The average molecular weight is 299 g/mol. The van der Waals surface area contributed by atoms with Crippen molar-refractivity contribution < 1.29 is 14.8 Å². The number of nitro benzene ring substituents is 1. The highest BCUT2D eigenvalue weighted by molar-refractivity contribution is 6.33. The van der Waals surface area contributed by atoms with Gasteiger partial charge in [0.15, 0.2) is 0 Å². The van der Waals surface area contributed by atoms with Gasteiger partial charge in [-0.2, -0.15) is 0 Å². The fourth-order valence-electron chi connectivity index (χ4n) is 2.56. The van der Waals surface area contributed by atoms with Crippen LogP contribution < -0.4 is 4.90 Å². The fraction of sp³-hybridized carbons (Fsp3) is 0.462. The van der Waals surface area contributed by atoms with Crippen molar-refractivity contribution in [3.8, 4) is 0 Å². The Morgan fingerprint density at radius 2 is 2.30 bits per heavy atom. The number of nitro groups is 1. The van der Waals surface area contributed by atoms with Crippen molar-refractivity contribution in [3.05, 3.63) is 33.3 Å². The Balaban J connectivity index is 2.26. The van der Waals surface area contributed by atoms with Crippen molar-refractivity contribution in [2.24, 2.45) is 5.41 Å². The quantitative estimate of drug-likeness (QED) is 0.682. The smallest absolute Gasteiger partial charge is 0.311 e. The SMILES string of the molecule is CCC1(C(=O)O)CCN(c2ccc([N+](=O)[O-])cc2Cl)C1. The Labute approximate surface area is 121 Å². The summed E-state index contributed by atoms with van der Waals surface area (Å²) >= 11 is 6.08. The first-order chi connectivity index (χ1) is 9.39. The molecule has 2 rings (SSSR count). The molecule has 1 aromatic carbocycles. The molecule has 108 valence electrons. The van der Waals surface area contributed by atoms with E-state index in [9.17, 15) is 20.0 Å². The number of carbonyl (C=O) groups is 1. The first-order valence-electron chi connectivity index (χ1n) is 6.32. The first kappa shape index (κ1) is 14.6. The minimum Gasteiger partial charge on any atom is -0.481 e. The van der Waals surface area contributed by atoms with Crippen LogP contribution in [0.3, 0.4) is 0 Å². The molecule has 1 aliphatic heterocycles. The van der Waals surface area contributed by atoms with Crippen LogP contribution in [0.25, 0.3) is 0 Å². The Kier molecular flexibility index (Phi) is 3.85. The number of anilines is 1. The highest BCUT2D eigenvalue weighted by Gasteiger charge is 2.43. The third kappa shape index (κ3) is 2.43. The van der Waals surface area contributed by atoms with Crippen molar-refractivity contribution in [2.75, 3.05) is 18.0 Å². The number of rotatable bonds is 4. The zero-order valence-electron chi connectivity index (χ0n) is 11.0. The molecule has 1 atom stereocenters. The minimum absolute atomic E-state index is 0.0714. The summed E-state index contributed by atoms with van der Waals surface area (Å²) in [4.78, 5) is 23.5. The largest absolute Gasteiger partial charge is 0.481 e.